The molecule has 0 fully saturated rings. The molecule has 2 aromatic heterocycles. The van der Waals surface area contributed by atoms with Gasteiger partial charge < -0.3 is 14.5 Å². The van der Waals surface area contributed by atoms with Crippen LogP contribution in [-0.2, 0) is 17.8 Å². The first-order chi connectivity index (χ1) is 11.2. The number of aromatic nitrogens is 3. The van der Waals surface area contributed by atoms with Crippen molar-refractivity contribution in [3.8, 4) is 0 Å². The van der Waals surface area contributed by atoms with Crippen molar-refractivity contribution in [2.45, 2.75) is 26.4 Å². The van der Waals surface area contributed by atoms with E-state index in [0.717, 1.165) is 47.9 Å². The van der Waals surface area contributed by atoms with E-state index in [1.165, 1.54) is 5.56 Å². The molecule has 6 nitrogen and oxygen atoms in total. The van der Waals surface area contributed by atoms with Gasteiger partial charge in [-0.05, 0) is 31.0 Å². The number of rotatable bonds is 7. The molecule has 2 heterocycles. The van der Waals surface area contributed by atoms with Crippen molar-refractivity contribution in [2.75, 3.05) is 19.0 Å². The predicted molar refractivity (Wildman–Crippen MR) is 88.3 cm³/mol. The summed E-state index contributed by atoms with van der Waals surface area (Å²) in [6.07, 6.45) is 3.24. The highest BCUT2D eigenvalue weighted by atomic mass is 16.5. The van der Waals surface area contributed by atoms with Gasteiger partial charge in [0.05, 0.1) is 12.3 Å². The quantitative estimate of drug-likeness (QED) is 0.676. The number of aryl methyl sites for hydroxylation is 2. The third-order valence-corrected chi connectivity index (χ3v) is 3.48. The molecular formula is C17H20N4O2. The molecule has 0 radical (unpaired) electrons. The Morgan fingerprint density at radius 1 is 1.22 bits per heavy atom. The van der Waals surface area contributed by atoms with Gasteiger partial charge in [-0.3, -0.25) is 0 Å². The van der Waals surface area contributed by atoms with Gasteiger partial charge >= 0.3 is 0 Å². The number of fused-ring (bicyclic) bond motifs is 1. The zero-order valence-electron chi connectivity index (χ0n) is 13.4. The number of ether oxygens (including phenoxy) is 1. The van der Waals surface area contributed by atoms with Gasteiger partial charge in [0, 0.05) is 26.1 Å². The van der Waals surface area contributed by atoms with Gasteiger partial charge in [0.15, 0.2) is 11.5 Å². The van der Waals surface area contributed by atoms with Crippen molar-refractivity contribution >= 4 is 16.9 Å². The van der Waals surface area contributed by atoms with E-state index in [2.05, 4.69) is 20.3 Å². The number of hydrogen-bond acceptors (Lipinski definition) is 6. The summed E-state index contributed by atoms with van der Waals surface area (Å²) < 4.78 is 10.8. The molecule has 0 unspecified atom stereocenters. The van der Waals surface area contributed by atoms with Crippen molar-refractivity contribution < 1.29 is 9.15 Å². The first kappa shape index (κ1) is 15.4. The molecule has 0 saturated heterocycles. The fourth-order valence-corrected chi connectivity index (χ4v) is 2.36. The van der Waals surface area contributed by atoms with Crippen molar-refractivity contribution in [1.82, 2.24) is 15.0 Å². The topological polar surface area (TPSA) is 73.1 Å². The van der Waals surface area contributed by atoms with E-state index in [-0.39, 0.29) is 0 Å². The fourth-order valence-electron chi connectivity index (χ4n) is 2.36. The zero-order valence-corrected chi connectivity index (χ0v) is 13.4. The molecule has 23 heavy (non-hydrogen) atoms. The Balaban J connectivity index is 1.51. The molecule has 0 bridgehead atoms. The standard InChI is InChI=1S/C17H20N4O2/c1-12-5-6-14-15(8-12)23-17(21-14)4-3-7-18-16-9-13(10-22-2)19-11-20-16/h5-6,8-9,11H,3-4,7,10H2,1-2H3,(H,18,19,20). The third-order valence-electron chi connectivity index (χ3n) is 3.48. The fraction of sp³-hybridized carbons (Fsp3) is 0.353. The van der Waals surface area contributed by atoms with Crippen molar-refractivity contribution in [1.29, 1.82) is 0 Å². The molecule has 0 aliphatic carbocycles. The van der Waals surface area contributed by atoms with E-state index in [0.29, 0.717) is 6.61 Å². The van der Waals surface area contributed by atoms with Crippen LogP contribution in [0.3, 0.4) is 0 Å². The van der Waals surface area contributed by atoms with E-state index in [1.807, 2.05) is 31.2 Å². The van der Waals surface area contributed by atoms with Crippen LogP contribution in [0.5, 0.6) is 0 Å². The maximum atomic E-state index is 5.77. The highest BCUT2D eigenvalue weighted by Gasteiger charge is 2.05. The van der Waals surface area contributed by atoms with Crippen LogP contribution in [0, 0.1) is 6.92 Å². The molecular weight excluding hydrogens is 292 g/mol. The monoisotopic (exact) mass is 312 g/mol. The van der Waals surface area contributed by atoms with E-state index < -0.39 is 0 Å². The molecule has 3 rings (SSSR count). The number of nitrogens with one attached hydrogen (secondary N) is 1. The van der Waals surface area contributed by atoms with Crippen molar-refractivity contribution in [3.05, 3.63) is 47.7 Å². The number of nitrogens with zero attached hydrogens (tertiary/aromatic N) is 3. The molecule has 0 aliphatic heterocycles. The van der Waals surface area contributed by atoms with Crippen LogP contribution in [0.25, 0.3) is 11.1 Å². The van der Waals surface area contributed by atoms with E-state index in [9.17, 15) is 0 Å². The number of oxazole rings is 1. The largest absolute Gasteiger partial charge is 0.441 e. The molecule has 0 atom stereocenters. The van der Waals surface area contributed by atoms with Gasteiger partial charge in [0.1, 0.15) is 17.7 Å². The van der Waals surface area contributed by atoms with Crippen LogP contribution in [-0.4, -0.2) is 28.6 Å². The molecule has 120 valence electrons. The molecule has 1 N–H and O–H groups in total. The van der Waals surface area contributed by atoms with Gasteiger partial charge in [0.2, 0.25) is 0 Å². The molecule has 1 aromatic carbocycles. The normalized spacial score (nSPS) is 11.0. The summed E-state index contributed by atoms with van der Waals surface area (Å²) in [5.41, 5.74) is 3.81. The van der Waals surface area contributed by atoms with Crippen LogP contribution in [0.15, 0.2) is 35.0 Å². The van der Waals surface area contributed by atoms with Gasteiger partial charge in [-0.1, -0.05) is 6.07 Å². The lowest BCUT2D eigenvalue weighted by molar-refractivity contribution is 0.181. The molecule has 6 heteroatoms. The summed E-state index contributed by atoms with van der Waals surface area (Å²) in [5.74, 6) is 1.58. The highest BCUT2D eigenvalue weighted by Crippen LogP contribution is 2.17. The van der Waals surface area contributed by atoms with Gasteiger partial charge in [0.25, 0.3) is 0 Å². The van der Waals surface area contributed by atoms with Crippen LogP contribution >= 0.6 is 0 Å². The Morgan fingerprint density at radius 3 is 3.00 bits per heavy atom. The average Bonchev–Trinajstić information content (AvgIpc) is 2.94. The number of hydrogen-bond donors (Lipinski definition) is 1. The molecule has 0 amide bonds. The smallest absolute Gasteiger partial charge is 0.195 e. The predicted octanol–water partition coefficient (Wildman–Crippen LogP) is 3.12. The summed E-state index contributed by atoms with van der Waals surface area (Å²) >= 11 is 0. The lowest BCUT2D eigenvalue weighted by Gasteiger charge is -2.05. The Morgan fingerprint density at radius 2 is 2.13 bits per heavy atom. The lowest BCUT2D eigenvalue weighted by Crippen LogP contribution is -2.06. The Labute approximate surface area is 134 Å². The number of methoxy groups -OCH3 is 1. The summed E-state index contributed by atoms with van der Waals surface area (Å²) in [6.45, 7) is 3.33. The highest BCUT2D eigenvalue weighted by molar-refractivity contribution is 5.73. The number of benzene rings is 1. The minimum atomic E-state index is 0.486. The Kier molecular flexibility index (Phi) is 4.83. The maximum absolute atomic E-state index is 5.77. The van der Waals surface area contributed by atoms with Crippen molar-refractivity contribution in [2.24, 2.45) is 0 Å². The minimum absolute atomic E-state index is 0.486. The molecule has 3 aromatic rings. The van der Waals surface area contributed by atoms with E-state index in [1.54, 1.807) is 13.4 Å². The second-order valence-electron chi connectivity index (χ2n) is 5.44. The summed E-state index contributed by atoms with van der Waals surface area (Å²) in [6, 6.07) is 7.95. The lowest BCUT2D eigenvalue weighted by atomic mass is 10.2. The first-order valence-corrected chi connectivity index (χ1v) is 7.64. The summed E-state index contributed by atoms with van der Waals surface area (Å²) in [4.78, 5) is 12.8. The van der Waals surface area contributed by atoms with Crippen LogP contribution in [0.4, 0.5) is 5.82 Å². The van der Waals surface area contributed by atoms with E-state index in [4.69, 9.17) is 9.15 Å². The van der Waals surface area contributed by atoms with Crippen molar-refractivity contribution in [3.63, 3.8) is 0 Å². The SMILES string of the molecule is COCc1cc(NCCCc2nc3ccc(C)cc3o2)ncn1. The summed E-state index contributed by atoms with van der Waals surface area (Å²) in [7, 11) is 1.65. The first-order valence-electron chi connectivity index (χ1n) is 7.64. The van der Waals surface area contributed by atoms with E-state index >= 15 is 0 Å². The zero-order chi connectivity index (χ0) is 16.1. The average molecular weight is 312 g/mol. The molecule has 0 spiro atoms. The maximum Gasteiger partial charge on any atom is 0.195 e. The molecule has 0 saturated carbocycles. The second-order valence-corrected chi connectivity index (χ2v) is 5.44. The second kappa shape index (κ2) is 7.19. The van der Waals surface area contributed by atoms with Gasteiger partial charge in [-0.2, -0.15) is 0 Å². The Hall–Kier alpha value is -2.47. The van der Waals surface area contributed by atoms with Gasteiger partial charge in [-0.25, -0.2) is 15.0 Å². The van der Waals surface area contributed by atoms with Crippen LogP contribution in [0.2, 0.25) is 0 Å². The number of anilines is 1. The van der Waals surface area contributed by atoms with Crippen LogP contribution in [0.1, 0.15) is 23.6 Å². The van der Waals surface area contributed by atoms with Crippen LogP contribution < -0.4 is 5.32 Å². The summed E-state index contributed by atoms with van der Waals surface area (Å²) in [5, 5.41) is 3.28. The third kappa shape index (κ3) is 4.04. The Bertz CT molecular complexity index is 785. The minimum Gasteiger partial charge on any atom is -0.441 e. The molecule has 0 aliphatic rings. The van der Waals surface area contributed by atoms with Gasteiger partial charge in [-0.15, -0.1) is 0 Å².